The minimum Gasteiger partial charge on any atom is -0.356 e. The number of nitrogens with one attached hydrogen (secondary N) is 2. The zero-order valence-corrected chi connectivity index (χ0v) is 17.7. The molecule has 0 saturated carbocycles. The average molecular weight is 430 g/mol. The van der Waals surface area contributed by atoms with Crippen molar-refractivity contribution in [1.29, 1.82) is 0 Å². The molecular weight excluding hydrogens is 402 g/mol. The molecule has 1 heterocycles. The van der Waals surface area contributed by atoms with Crippen molar-refractivity contribution in [2.75, 3.05) is 30.7 Å². The molecule has 28 heavy (non-hydrogen) atoms. The molecule has 1 fully saturated rings. The molecule has 2 rings (SSSR count). The van der Waals surface area contributed by atoms with E-state index in [2.05, 4.69) is 10.6 Å². The number of carbonyl (C=O) groups excluding carboxylic acids is 2. The Kier molecular flexibility index (Phi) is 8.72. The van der Waals surface area contributed by atoms with Gasteiger partial charge in [0.1, 0.15) is 0 Å². The molecule has 1 aromatic rings. The number of hydrogen-bond donors (Lipinski definition) is 2. The van der Waals surface area contributed by atoms with Crippen molar-refractivity contribution in [3.8, 4) is 0 Å². The average Bonchev–Trinajstić information content (AvgIpc) is 2.67. The number of nitrogens with zero attached hydrogens (tertiary/aromatic N) is 1. The number of amides is 2. The Bertz CT molecular complexity index is 768. The zero-order chi connectivity index (χ0) is 20.6. The lowest BCUT2D eigenvalue weighted by atomic mass is 9.99. The Morgan fingerprint density at radius 2 is 1.96 bits per heavy atom. The van der Waals surface area contributed by atoms with Gasteiger partial charge in [0.15, 0.2) is 0 Å². The highest BCUT2D eigenvalue weighted by atomic mass is 35.5. The Balaban J connectivity index is 1.70. The Hall–Kier alpha value is -1.64. The third-order valence-electron chi connectivity index (χ3n) is 4.62. The third kappa shape index (κ3) is 7.07. The molecule has 1 aliphatic rings. The Morgan fingerprint density at radius 1 is 1.25 bits per heavy atom. The van der Waals surface area contributed by atoms with Crippen LogP contribution >= 0.6 is 11.6 Å². The molecule has 9 heteroatoms. The van der Waals surface area contributed by atoms with Gasteiger partial charge in [0.25, 0.3) is 0 Å². The molecule has 0 radical (unpaired) electrons. The summed E-state index contributed by atoms with van der Waals surface area (Å²) >= 11 is 5.80. The predicted octanol–water partition coefficient (Wildman–Crippen LogP) is 2.63. The van der Waals surface area contributed by atoms with E-state index in [1.54, 1.807) is 24.3 Å². The summed E-state index contributed by atoms with van der Waals surface area (Å²) in [6, 6.07) is 6.85. The van der Waals surface area contributed by atoms with E-state index in [-0.39, 0.29) is 36.5 Å². The second kappa shape index (κ2) is 10.8. The number of hydrogen-bond acceptors (Lipinski definition) is 4. The van der Waals surface area contributed by atoms with E-state index in [9.17, 15) is 18.0 Å². The van der Waals surface area contributed by atoms with Gasteiger partial charge in [0.05, 0.1) is 11.7 Å². The van der Waals surface area contributed by atoms with E-state index < -0.39 is 10.0 Å². The molecule has 1 unspecified atom stereocenters. The smallest absolute Gasteiger partial charge is 0.224 e. The topological polar surface area (TPSA) is 95.6 Å². The van der Waals surface area contributed by atoms with E-state index in [1.165, 1.54) is 4.31 Å². The van der Waals surface area contributed by atoms with Crippen LogP contribution in [0.2, 0.25) is 5.02 Å². The van der Waals surface area contributed by atoms with Crippen LogP contribution in [0.15, 0.2) is 24.3 Å². The number of carbonyl (C=O) groups is 2. The van der Waals surface area contributed by atoms with Gasteiger partial charge in [-0.05, 0) is 49.9 Å². The molecule has 1 aliphatic heterocycles. The summed E-state index contributed by atoms with van der Waals surface area (Å²) in [4.78, 5) is 24.3. The number of anilines is 1. The minimum absolute atomic E-state index is 0.115. The minimum atomic E-state index is -3.28. The lowest BCUT2D eigenvalue weighted by Gasteiger charge is -2.31. The molecular formula is C19H28ClN3O4S. The van der Waals surface area contributed by atoms with Crippen molar-refractivity contribution in [1.82, 2.24) is 9.62 Å². The molecule has 1 atom stereocenters. The summed E-state index contributed by atoms with van der Waals surface area (Å²) < 4.78 is 25.8. The molecule has 0 aliphatic carbocycles. The summed E-state index contributed by atoms with van der Waals surface area (Å²) in [5, 5.41) is 6.20. The maximum absolute atomic E-state index is 12.4. The molecule has 2 N–H and O–H groups in total. The maximum Gasteiger partial charge on any atom is 0.224 e. The van der Waals surface area contributed by atoms with Crippen LogP contribution in [-0.4, -0.2) is 49.9 Å². The Morgan fingerprint density at radius 3 is 2.64 bits per heavy atom. The number of halogens is 1. The van der Waals surface area contributed by atoms with Gasteiger partial charge in [-0.15, -0.1) is 0 Å². The summed E-state index contributed by atoms with van der Waals surface area (Å²) in [6.45, 7) is 2.93. The van der Waals surface area contributed by atoms with Crippen molar-refractivity contribution in [3.63, 3.8) is 0 Å². The molecule has 0 aromatic heterocycles. The number of sulfonamides is 1. The fourth-order valence-electron chi connectivity index (χ4n) is 3.16. The van der Waals surface area contributed by atoms with E-state index >= 15 is 0 Å². The van der Waals surface area contributed by atoms with Crippen molar-refractivity contribution in [3.05, 3.63) is 29.3 Å². The first-order chi connectivity index (χ1) is 13.3. The normalized spacial score (nSPS) is 17.9. The highest BCUT2D eigenvalue weighted by Crippen LogP contribution is 2.20. The molecule has 2 amide bonds. The lowest BCUT2D eigenvalue weighted by molar-refractivity contribution is -0.126. The van der Waals surface area contributed by atoms with Crippen molar-refractivity contribution in [2.45, 2.75) is 39.0 Å². The van der Waals surface area contributed by atoms with Crippen LogP contribution in [0.5, 0.6) is 0 Å². The van der Waals surface area contributed by atoms with Gasteiger partial charge < -0.3 is 10.6 Å². The van der Waals surface area contributed by atoms with Crippen molar-refractivity contribution < 1.29 is 18.0 Å². The van der Waals surface area contributed by atoms with Gasteiger partial charge >= 0.3 is 0 Å². The molecule has 0 spiro atoms. The standard InChI is InChI=1S/C19H28ClN3O4S/c1-2-13-28(26,27)23-12-4-5-15(14-23)19(25)21-11-3-6-18(24)22-17-9-7-16(20)8-10-17/h7-10,15H,2-6,11-14H2,1H3,(H,21,25)(H,22,24). The third-order valence-corrected chi connectivity index (χ3v) is 6.91. The first-order valence-electron chi connectivity index (χ1n) is 9.63. The largest absolute Gasteiger partial charge is 0.356 e. The zero-order valence-electron chi connectivity index (χ0n) is 16.1. The van der Waals surface area contributed by atoms with Gasteiger partial charge in [-0.25, -0.2) is 12.7 Å². The summed E-state index contributed by atoms with van der Waals surface area (Å²) in [5.74, 6) is -0.492. The van der Waals surface area contributed by atoms with Crippen LogP contribution in [-0.2, 0) is 19.6 Å². The van der Waals surface area contributed by atoms with E-state index in [1.807, 2.05) is 6.92 Å². The van der Waals surface area contributed by atoms with Gasteiger partial charge in [0, 0.05) is 36.8 Å². The highest BCUT2D eigenvalue weighted by molar-refractivity contribution is 7.89. The fourth-order valence-corrected chi connectivity index (χ4v) is 4.87. The summed E-state index contributed by atoms with van der Waals surface area (Å²) in [7, 11) is -3.28. The molecule has 0 bridgehead atoms. The van der Waals surface area contributed by atoms with Crippen LogP contribution in [0.3, 0.4) is 0 Å². The van der Waals surface area contributed by atoms with Crippen molar-refractivity contribution in [2.24, 2.45) is 5.92 Å². The van der Waals surface area contributed by atoms with Gasteiger partial charge in [-0.2, -0.15) is 0 Å². The first-order valence-corrected chi connectivity index (χ1v) is 11.6. The summed E-state index contributed by atoms with van der Waals surface area (Å²) in [6.07, 6.45) is 2.72. The number of rotatable bonds is 9. The molecule has 1 aromatic carbocycles. The number of benzene rings is 1. The quantitative estimate of drug-likeness (QED) is 0.590. The summed E-state index contributed by atoms with van der Waals surface area (Å²) in [5.41, 5.74) is 0.675. The number of piperidine rings is 1. The van der Waals surface area contributed by atoms with E-state index in [0.717, 1.165) is 0 Å². The first kappa shape index (κ1) is 22.6. The lowest BCUT2D eigenvalue weighted by Crippen LogP contribution is -2.46. The van der Waals surface area contributed by atoms with E-state index in [0.29, 0.717) is 49.5 Å². The van der Waals surface area contributed by atoms with Gasteiger partial charge in [-0.3, -0.25) is 9.59 Å². The maximum atomic E-state index is 12.4. The van der Waals surface area contributed by atoms with Crippen LogP contribution in [0.4, 0.5) is 5.69 Å². The SMILES string of the molecule is CCCS(=O)(=O)N1CCCC(C(=O)NCCCC(=O)Nc2ccc(Cl)cc2)C1. The molecule has 7 nitrogen and oxygen atoms in total. The second-order valence-corrected chi connectivity index (χ2v) is 9.49. The predicted molar refractivity (Wildman–Crippen MR) is 111 cm³/mol. The monoisotopic (exact) mass is 429 g/mol. The van der Waals surface area contributed by atoms with Crippen LogP contribution in [0.1, 0.15) is 39.0 Å². The second-order valence-electron chi connectivity index (χ2n) is 6.96. The Labute approximate surface area is 171 Å². The van der Waals surface area contributed by atoms with Gasteiger partial charge in [-0.1, -0.05) is 18.5 Å². The molecule has 1 saturated heterocycles. The van der Waals surface area contributed by atoms with Crippen LogP contribution < -0.4 is 10.6 Å². The fraction of sp³-hybridized carbons (Fsp3) is 0.579. The van der Waals surface area contributed by atoms with Crippen LogP contribution in [0, 0.1) is 5.92 Å². The molecule has 156 valence electrons. The van der Waals surface area contributed by atoms with Gasteiger partial charge in [0.2, 0.25) is 21.8 Å². The van der Waals surface area contributed by atoms with Crippen LogP contribution in [0.25, 0.3) is 0 Å². The van der Waals surface area contributed by atoms with E-state index in [4.69, 9.17) is 11.6 Å². The van der Waals surface area contributed by atoms with Crippen molar-refractivity contribution >= 4 is 39.1 Å². The highest BCUT2D eigenvalue weighted by Gasteiger charge is 2.31.